The van der Waals surface area contributed by atoms with Gasteiger partial charge >= 0.3 is 0 Å². The first kappa shape index (κ1) is 17.4. The molecule has 1 amide bonds. The van der Waals surface area contributed by atoms with E-state index < -0.39 is 0 Å². The smallest absolute Gasteiger partial charge is 0.234 e. The summed E-state index contributed by atoms with van der Waals surface area (Å²) in [4.78, 5) is 11.7. The minimum absolute atomic E-state index is 0.0995. The highest BCUT2D eigenvalue weighted by Gasteiger charge is 2.17. The maximum atomic E-state index is 11.7. The zero-order chi connectivity index (χ0) is 14.3. The molecule has 0 spiro atoms. The first-order chi connectivity index (χ1) is 8.25. The molecule has 3 nitrogen and oxygen atoms in total. The lowest BCUT2D eigenvalue weighted by molar-refractivity contribution is -0.121. The van der Waals surface area contributed by atoms with Crippen LogP contribution in [0.15, 0.2) is 0 Å². The third-order valence-corrected chi connectivity index (χ3v) is 3.77. The molecule has 0 aromatic carbocycles. The summed E-state index contributed by atoms with van der Waals surface area (Å²) in [6, 6.07) is 0.241. The highest BCUT2D eigenvalue weighted by molar-refractivity contribution is 5.78. The van der Waals surface area contributed by atoms with E-state index in [4.69, 9.17) is 0 Å². The minimum Gasteiger partial charge on any atom is -0.352 e. The van der Waals surface area contributed by atoms with Gasteiger partial charge in [-0.3, -0.25) is 4.79 Å². The Morgan fingerprint density at radius 3 is 1.78 bits per heavy atom. The van der Waals surface area contributed by atoms with Gasteiger partial charge in [-0.1, -0.05) is 41.5 Å². The molecular formula is C15H32N2O. The van der Waals surface area contributed by atoms with E-state index in [1.807, 2.05) is 6.92 Å². The second-order valence-electron chi connectivity index (χ2n) is 6.38. The zero-order valence-corrected chi connectivity index (χ0v) is 13.2. The molecule has 2 N–H and O–H groups in total. The summed E-state index contributed by atoms with van der Waals surface area (Å²) in [7, 11) is 0. The van der Waals surface area contributed by atoms with Crippen molar-refractivity contribution in [3.63, 3.8) is 0 Å². The fraction of sp³-hybridized carbons (Fsp3) is 0.933. The quantitative estimate of drug-likeness (QED) is 0.701. The first-order valence-corrected chi connectivity index (χ1v) is 7.25. The first-order valence-electron chi connectivity index (χ1n) is 7.25. The summed E-state index contributed by atoms with van der Waals surface area (Å²) in [6.07, 6.45) is 0. The molecule has 0 saturated heterocycles. The third kappa shape index (κ3) is 7.00. The lowest BCUT2D eigenvalue weighted by Crippen LogP contribution is -2.42. The Hall–Kier alpha value is -0.570. The van der Waals surface area contributed by atoms with Crippen LogP contribution in [0.25, 0.3) is 0 Å². The Morgan fingerprint density at radius 1 is 0.889 bits per heavy atom. The molecule has 0 fully saturated rings. The predicted octanol–water partition coefficient (Wildman–Crippen LogP) is 2.66. The average molecular weight is 256 g/mol. The second kappa shape index (κ2) is 8.52. The van der Waals surface area contributed by atoms with Gasteiger partial charge in [0.05, 0.1) is 6.54 Å². The molecular weight excluding hydrogens is 224 g/mol. The molecule has 0 aliphatic rings. The van der Waals surface area contributed by atoms with Crippen molar-refractivity contribution in [1.82, 2.24) is 10.6 Å². The van der Waals surface area contributed by atoms with Crippen molar-refractivity contribution in [2.45, 2.75) is 54.5 Å². The molecule has 0 aliphatic heterocycles. The number of hydrogen-bond donors (Lipinski definition) is 2. The van der Waals surface area contributed by atoms with Gasteiger partial charge in [0, 0.05) is 6.04 Å². The van der Waals surface area contributed by atoms with Crippen LogP contribution < -0.4 is 10.6 Å². The van der Waals surface area contributed by atoms with Gasteiger partial charge in [-0.2, -0.15) is 0 Å². The SMILES string of the molecule is CC(C)C(C)NC(=O)CNCC(C(C)C)C(C)C. The van der Waals surface area contributed by atoms with Crippen LogP contribution in [-0.2, 0) is 4.79 Å². The molecule has 0 heterocycles. The molecule has 0 rings (SSSR count). The van der Waals surface area contributed by atoms with Crippen molar-refractivity contribution in [2.24, 2.45) is 23.7 Å². The number of hydrogen-bond acceptors (Lipinski definition) is 2. The monoisotopic (exact) mass is 256 g/mol. The van der Waals surface area contributed by atoms with Gasteiger partial charge in [-0.05, 0) is 37.1 Å². The Morgan fingerprint density at radius 2 is 1.39 bits per heavy atom. The van der Waals surface area contributed by atoms with Crippen molar-refractivity contribution in [1.29, 1.82) is 0 Å². The maximum absolute atomic E-state index is 11.7. The molecule has 1 atom stereocenters. The fourth-order valence-electron chi connectivity index (χ4n) is 2.07. The van der Waals surface area contributed by atoms with Crippen molar-refractivity contribution in [3.8, 4) is 0 Å². The molecule has 108 valence electrons. The van der Waals surface area contributed by atoms with Gasteiger partial charge < -0.3 is 10.6 Å². The molecule has 0 aromatic heterocycles. The zero-order valence-electron chi connectivity index (χ0n) is 13.2. The molecule has 3 heteroatoms. The minimum atomic E-state index is 0.0995. The van der Waals surface area contributed by atoms with Gasteiger partial charge in [0.15, 0.2) is 0 Å². The van der Waals surface area contributed by atoms with Gasteiger partial charge in [0.2, 0.25) is 5.91 Å². The van der Waals surface area contributed by atoms with Gasteiger partial charge in [0.25, 0.3) is 0 Å². The van der Waals surface area contributed by atoms with Gasteiger partial charge in [-0.25, -0.2) is 0 Å². The van der Waals surface area contributed by atoms with E-state index >= 15 is 0 Å². The van der Waals surface area contributed by atoms with Gasteiger partial charge in [0.1, 0.15) is 0 Å². The molecule has 18 heavy (non-hydrogen) atoms. The normalized spacial score (nSPS) is 13.7. The number of carbonyl (C=O) groups excluding carboxylic acids is 1. The summed E-state index contributed by atoms with van der Waals surface area (Å²) in [5.41, 5.74) is 0. The van der Waals surface area contributed by atoms with E-state index in [2.05, 4.69) is 52.2 Å². The van der Waals surface area contributed by atoms with E-state index in [1.54, 1.807) is 0 Å². The fourth-order valence-corrected chi connectivity index (χ4v) is 2.07. The van der Waals surface area contributed by atoms with Crippen LogP contribution in [0, 0.1) is 23.7 Å². The topological polar surface area (TPSA) is 41.1 Å². The number of rotatable bonds is 8. The van der Waals surface area contributed by atoms with Crippen molar-refractivity contribution in [3.05, 3.63) is 0 Å². The van der Waals surface area contributed by atoms with Crippen molar-refractivity contribution in [2.75, 3.05) is 13.1 Å². The van der Waals surface area contributed by atoms with Crippen LogP contribution >= 0.6 is 0 Å². The van der Waals surface area contributed by atoms with E-state index in [0.717, 1.165) is 6.54 Å². The summed E-state index contributed by atoms with van der Waals surface area (Å²) in [6.45, 7) is 16.6. The molecule has 0 saturated carbocycles. The standard InChI is InChI=1S/C15H32N2O/c1-10(2)13(7)17-15(18)9-16-8-14(11(3)4)12(5)6/h10-14,16H,8-9H2,1-7H3,(H,17,18). The van der Waals surface area contributed by atoms with Crippen LogP contribution in [0.4, 0.5) is 0 Å². The van der Waals surface area contributed by atoms with E-state index in [1.165, 1.54) is 0 Å². The second-order valence-corrected chi connectivity index (χ2v) is 6.38. The largest absolute Gasteiger partial charge is 0.352 e. The number of carbonyl (C=O) groups is 1. The van der Waals surface area contributed by atoms with E-state index in [9.17, 15) is 4.79 Å². The van der Waals surface area contributed by atoms with Crippen LogP contribution in [0.1, 0.15) is 48.5 Å². The molecule has 1 unspecified atom stereocenters. The van der Waals surface area contributed by atoms with Crippen molar-refractivity contribution >= 4 is 5.91 Å². The summed E-state index contributed by atoms with van der Waals surface area (Å²) >= 11 is 0. The van der Waals surface area contributed by atoms with Gasteiger partial charge in [-0.15, -0.1) is 0 Å². The predicted molar refractivity (Wildman–Crippen MR) is 78.5 cm³/mol. The van der Waals surface area contributed by atoms with Crippen LogP contribution in [-0.4, -0.2) is 25.0 Å². The Balaban J connectivity index is 3.92. The van der Waals surface area contributed by atoms with Crippen LogP contribution in [0.3, 0.4) is 0 Å². The average Bonchev–Trinajstić information content (AvgIpc) is 2.22. The summed E-state index contributed by atoms with van der Waals surface area (Å²) in [5.74, 6) is 2.50. The maximum Gasteiger partial charge on any atom is 0.234 e. The van der Waals surface area contributed by atoms with E-state index in [-0.39, 0.29) is 11.9 Å². The molecule has 0 aliphatic carbocycles. The Bertz CT molecular complexity index is 229. The lowest BCUT2D eigenvalue weighted by Gasteiger charge is -2.25. The number of amides is 1. The lowest BCUT2D eigenvalue weighted by atomic mass is 9.85. The van der Waals surface area contributed by atoms with Crippen molar-refractivity contribution < 1.29 is 4.79 Å². The molecule has 0 bridgehead atoms. The Labute approximate surface area is 113 Å². The molecule has 0 aromatic rings. The van der Waals surface area contributed by atoms with Crippen LogP contribution in [0.5, 0.6) is 0 Å². The van der Waals surface area contributed by atoms with E-state index in [0.29, 0.717) is 30.2 Å². The van der Waals surface area contributed by atoms with Crippen LogP contribution in [0.2, 0.25) is 0 Å². The molecule has 0 radical (unpaired) electrons. The third-order valence-electron chi connectivity index (χ3n) is 3.77. The summed E-state index contributed by atoms with van der Waals surface area (Å²) in [5, 5.41) is 6.29. The summed E-state index contributed by atoms with van der Waals surface area (Å²) < 4.78 is 0. The highest BCUT2D eigenvalue weighted by Crippen LogP contribution is 2.19. The number of nitrogens with one attached hydrogen (secondary N) is 2. The Kier molecular flexibility index (Phi) is 8.25. The highest BCUT2D eigenvalue weighted by atomic mass is 16.1.